The van der Waals surface area contributed by atoms with Gasteiger partial charge < -0.3 is 14.7 Å². The Hall–Kier alpha value is -1.39. The molecule has 2 saturated heterocycles. The van der Waals surface area contributed by atoms with E-state index < -0.39 is 11.9 Å². The van der Waals surface area contributed by atoms with Gasteiger partial charge in [-0.2, -0.15) is 0 Å². The standard InChI is InChI=1S/C17H23NO3/c1-18-13-7-8-14(18)10-15(9-13)21-17(20)16(11-19)12-5-3-2-4-6-12/h2-6,13-16,19H,7-11H2,1H3/t13-,14?,15-,16?/m1/s1/i16D,19D. The molecule has 0 saturated carbocycles. The minimum atomic E-state index is -1.69. The van der Waals surface area contributed by atoms with E-state index >= 15 is 0 Å². The summed E-state index contributed by atoms with van der Waals surface area (Å²) in [5, 5.41) is 4.40. The van der Waals surface area contributed by atoms with Crippen LogP contribution in [-0.2, 0) is 9.53 Å². The number of carbonyl (C=O) groups is 1. The first-order valence-corrected chi connectivity index (χ1v) is 7.61. The van der Waals surface area contributed by atoms with E-state index in [0.29, 0.717) is 17.6 Å². The van der Waals surface area contributed by atoms with Crippen molar-refractivity contribution in [1.29, 1.82) is 1.43 Å². The van der Waals surface area contributed by atoms with Crippen LogP contribution >= 0.6 is 0 Å². The van der Waals surface area contributed by atoms with Crippen molar-refractivity contribution in [3.05, 3.63) is 35.9 Å². The van der Waals surface area contributed by atoms with Gasteiger partial charge in [-0.25, -0.2) is 0 Å². The molecule has 3 rings (SSSR count). The number of fused-ring (bicyclic) bond motifs is 2. The number of ether oxygens (including phenoxy) is 1. The maximum Gasteiger partial charge on any atom is 0.316 e. The van der Waals surface area contributed by atoms with Gasteiger partial charge in [0.1, 0.15) is 12.0 Å². The van der Waals surface area contributed by atoms with Crippen LogP contribution in [0.5, 0.6) is 0 Å². The minimum Gasteiger partial charge on any atom is -0.462 e. The number of piperidine rings is 1. The van der Waals surface area contributed by atoms with Crippen LogP contribution in [0.3, 0.4) is 0 Å². The third-order valence-corrected chi connectivity index (χ3v) is 4.84. The Morgan fingerprint density at radius 3 is 2.71 bits per heavy atom. The van der Waals surface area contributed by atoms with Crippen molar-refractivity contribution in [3.8, 4) is 0 Å². The lowest BCUT2D eigenvalue weighted by Gasteiger charge is -2.36. The molecule has 2 heterocycles. The molecule has 4 nitrogen and oxygen atoms in total. The predicted molar refractivity (Wildman–Crippen MR) is 80.0 cm³/mol. The molecule has 2 aliphatic rings. The average molecular weight is 291 g/mol. The van der Waals surface area contributed by atoms with Gasteiger partial charge >= 0.3 is 5.97 Å². The van der Waals surface area contributed by atoms with Gasteiger partial charge in [0, 0.05) is 13.5 Å². The van der Waals surface area contributed by atoms with E-state index in [4.69, 9.17) is 7.54 Å². The molecule has 0 aromatic heterocycles. The third-order valence-electron chi connectivity index (χ3n) is 4.84. The Balaban J connectivity index is 1.72. The Kier molecular flexibility index (Phi) is 3.57. The molecule has 114 valence electrons. The highest BCUT2D eigenvalue weighted by atomic mass is 16.5. The summed E-state index contributed by atoms with van der Waals surface area (Å²) in [5.41, 5.74) is 0.494. The summed E-state index contributed by atoms with van der Waals surface area (Å²) in [4.78, 5) is 15.0. The smallest absolute Gasteiger partial charge is 0.316 e. The monoisotopic (exact) mass is 291 g/mol. The molecule has 2 fully saturated rings. The van der Waals surface area contributed by atoms with Crippen LogP contribution in [-0.4, -0.2) is 49.3 Å². The highest BCUT2D eigenvalue weighted by molar-refractivity contribution is 5.78. The van der Waals surface area contributed by atoms with Gasteiger partial charge in [0.25, 0.3) is 0 Å². The Morgan fingerprint density at radius 2 is 2.10 bits per heavy atom. The molecular weight excluding hydrogens is 266 g/mol. The van der Waals surface area contributed by atoms with E-state index in [1.54, 1.807) is 24.3 Å². The number of benzene rings is 1. The first-order valence-electron chi connectivity index (χ1n) is 8.52. The molecule has 2 aliphatic heterocycles. The average Bonchev–Trinajstić information content (AvgIpc) is 2.76. The highest BCUT2D eigenvalue weighted by Gasteiger charge is 2.40. The Labute approximate surface area is 128 Å². The van der Waals surface area contributed by atoms with Crippen molar-refractivity contribution in [2.75, 3.05) is 13.7 Å². The fraction of sp³-hybridized carbons (Fsp3) is 0.588. The van der Waals surface area contributed by atoms with Crippen molar-refractivity contribution in [3.63, 3.8) is 0 Å². The molecular formula is C17H23NO3. The van der Waals surface area contributed by atoms with Crippen LogP contribution in [0.1, 0.15) is 38.5 Å². The molecule has 1 aromatic rings. The number of hydrogen-bond acceptors (Lipinski definition) is 4. The van der Waals surface area contributed by atoms with E-state index in [9.17, 15) is 4.79 Å². The molecule has 0 spiro atoms. The second-order valence-electron chi connectivity index (χ2n) is 6.04. The summed E-state index contributed by atoms with van der Waals surface area (Å²) in [6, 6.07) is 9.70. The van der Waals surface area contributed by atoms with E-state index in [0.717, 1.165) is 25.7 Å². The highest BCUT2D eigenvalue weighted by Crippen LogP contribution is 2.36. The van der Waals surface area contributed by atoms with Crippen LogP contribution in [0.25, 0.3) is 0 Å². The maximum absolute atomic E-state index is 12.7. The molecule has 1 N–H and O–H groups in total. The fourth-order valence-electron chi connectivity index (χ4n) is 3.58. The maximum atomic E-state index is 12.7. The lowest BCUT2D eigenvalue weighted by Crippen LogP contribution is -2.43. The second-order valence-corrected chi connectivity index (χ2v) is 6.04. The fourth-order valence-corrected chi connectivity index (χ4v) is 3.58. The zero-order valence-electron chi connectivity index (χ0n) is 14.3. The number of esters is 1. The summed E-state index contributed by atoms with van der Waals surface area (Å²) in [7, 11) is 2.13. The summed E-state index contributed by atoms with van der Waals surface area (Å²) < 4.78 is 21.2. The molecule has 0 aliphatic carbocycles. The number of aliphatic hydroxyl groups excluding tert-OH is 1. The van der Waals surface area contributed by atoms with Gasteiger partial charge in [-0.15, -0.1) is 0 Å². The summed E-state index contributed by atoms with van der Waals surface area (Å²) >= 11 is 0. The predicted octanol–water partition coefficient (Wildman–Crippen LogP) is 1.93. The molecule has 0 radical (unpaired) electrons. The molecule has 4 atom stereocenters. The van der Waals surface area contributed by atoms with Gasteiger partial charge in [-0.05, 0) is 38.3 Å². The van der Waals surface area contributed by atoms with E-state index in [2.05, 4.69) is 17.1 Å². The first kappa shape index (κ1) is 12.2. The molecule has 0 amide bonds. The zero-order chi connectivity index (χ0) is 16.4. The number of hydrogen-bond donors (Lipinski definition) is 1. The van der Waals surface area contributed by atoms with Gasteiger partial charge in [-0.1, -0.05) is 30.3 Å². The molecule has 21 heavy (non-hydrogen) atoms. The third kappa shape index (κ3) is 2.97. The molecule has 1 aromatic carbocycles. The molecule has 2 unspecified atom stereocenters. The van der Waals surface area contributed by atoms with Crippen molar-refractivity contribution >= 4 is 5.97 Å². The minimum absolute atomic E-state index is 0.143. The number of nitrogens with zero attached hydrogens (tertiary/aromatic N) is 1. The Bertz CT molecular complexity index is 542. The van der Waals surface area contributed by atoms with Crippen molar-refractivity contribution < 1.29 is 16.0 Å². The normalized spacial score (nSPS) is 32.9. The Morgan fingerprint density at radius 1 is 1.43 bits per heavy atom. The van der Waals surface area contributed by atoms with Crippen LogP contribution in [0.2, 0.25) is 0 Å². The first-order chi connectivity index (χ1) is 11.0. The van der Waals surface area contributed by atoms with E-state index in [-0.39, 0.29) is 12.7 Å². The zero-order valence-corrected chi connectivity index (χ0v) is 12.3. The van der Waals surface area contributed by atoms with Crippen LogP contribution in [0.4, 0.5) is 0 Å². The summed E-state index contributed by atoms with van der Waals surface area (Å²) in [6.45, 7) is -0.338. The van der Waals surface area contributed by atoms with Crippen LogP contribution < -0.4 is 0 Å². The van der Waals surface area contributed by atoms with Crippen molar-refractivity contribution in [2.24, 2.45) is 0 Å². The summed E-state index contributed by atoms with van der Waals surface area (Å²) in [6.07, 6.45) is 3.80. The second kappa shape index (κ2) is 6.16. The number of carbonyl (C=O) groups excluding carboxylic acids is 1. The largest absolute Gasteiger partial charge is 0.462 e. The SMILES string of the molecule is [2H]OCC([2H])(C(=O)O[C@H]1CC2CC[C@H](C1)N2C)c1ccccc1. The van der Waals surface area contributed by atoms with Crippen LogP contribution in [0.15, 0.2) is 30.3 Å². The quantitative estimate of drug-likeness (QED) is 0.842. The van der Waals surface area contributed by atoms with Gasteiger partial charge in [-0.3, -0.25) is 4.79 Å². The lowest BCUT2D eigenvalue weighted by molar-refractivity contribution is -0.155. The molecule has 4 heteroatoms. The summed E-state index contributed by atoms with van der Waals surface area (Å²) in [5.74, 6) is -2.31. The van der Waals surface area contributed by atoms with E-state index in [1.807, 2.05) is 6.07 Å². The molecule has 2 bridgehead atoms. The lowest BCUT2D eigenvalue weighted by atomic mass is 9.98. The van der Waals surface area contributed by atoms with Gasteiger partial charge in [0.15, 0.2) is 0 Å². The van der Waals surface area contributed by atoms with E-state index in [1.165, 1.54) is 0 Å². The number of rotatable bonds is 5. The van der Waals surface area contributed by atoms with Crippen molar-refractivity contribution in [1.82, 2.24) is 4.90 Å². The van der Waals surface area contributed by atoms with Gasteiger partial charge in [0.05, 0.1) is 6.61 Å². The number of aliphatic hydroxyl groups is 1. The van der Waals surface area contributed by atoms with Crippen molar-refractivity contribution in [2.45, 2.75) is 49.8 Å². The van der Waals surface area contributed by atoms with Gasteiger partial charge in [0.2, 0.25) is 1.43 Å². The topological polar surface area (TPSA) is 49.8 Å². The van der Waals surface area contributed by atoms with Crippen LogP contribution in [0, 0.1) is 0 Å².